The molecule has 0 aromatic rings. The van der Waals surface area contributed by atoms with Gasteiger partial charge in [0.15, 0.2) is 0 Å². The Balaban J connectivity index is 2.06. The molecule has 0 radical (unpaired) electrons. The van der Waals surface area contributed by atoms with Crippen LogP contribution in [0, 0.1) is 0 Å². The summed E-state index contributed by atoms with van der Waals surface area (Å²) in [5, 5.41) is 0. The predicted octanol–water partition coefficient (Wildman–Crippen LogP) is 1.12. The maximum atomic E-state index is 10.8. The highest BCUT2D eigenvalue weighted by Gasteiger charge is 2.39. The average molecular weight is 158 g/mol. The molecule has 1 heterocycles. The van der Waals surface area contributed by atoms with Crippen molar-refractivity contribution in [2.24, 2.45) is 0 Å². The lowest BCUT2D eigenvalue weighted by atomic mass is 10.1. The second-order valence-electron chi connectivity index (χ2n) is 3.04. The second-order valence-corrected chi connectivity index (χ2v) is 3.04. The van der Waals surface area contributed by atoms with Gasteiger partial charge in [0.1, 0.15) is 0 Å². The fraction of sp³-hybridized carbons (Fsp3) is 0.875. The van der Waals surface area contributed by atoms with Gasteiger partial charge in [0, 0.05) is 6.42 Å². The van der Waals surface area contributed by atoms with Gasteiger partial charge in [-0.3, -0.25) is 4.79 Å². The summed E-state index contributed by atoms with van der Waals surface area (Å²) >= 11 is 0. The SMILES string of the molecule is CCOC(=O)CCC1(C)CO1. The Labute approximate surface area is 66.7 Å². The molecule has 0 bridgehead atoms. The normalized spacial score (nSPS) is 28.2. The molecule has 0 amide bonds. The highest BCUT2D eigenvalue weighted by Crippen LogP contribution is 2.30. The first-order valence-electron chi connectivity index (χ1n) is 3.96. The van der Waals surface area contributed by atoms with E-state index in [0.717, 1.165) is 13.0 Å². The number of esters is 1. The van der Waals surface area contributed by atoms with Crippen LogP contribution in [0.4, 0.5) is 0 Å². The molecule has 0 aliphatic carbocycles. The lowest BCUT2D eigenvalue weighted by Gasteiger charge is -2.03. The van der Waals surface area contributed by atoms with Crippen molar-refractivity contribution >= 4 is 5.97 Å². The van der Waals surface area contributed by atoms with Crippen LogP contribution in [0.1, 0.15) is 26.7 Å². The van der Waals surface area contributed by atoms with Crippen LogP contribution >= 0.6 is 0 Å². The maximum absolute atomic E-state index is 10.8. The monoisotopic (exact) mass is 158 g/mol. The molecule has 1 aliphatic rings. The molecule has 1 unspecified atom stereocenters. The first-order chi connectivity index (χ1) is 5.16. The Morgan fingerprint density at radius 3 is 2.82 bits per heavy atom. The minimum atomic E-state index is -0.121. The summed E-state index contributed by atoms with van der Waals surface area (Å²) in [6.45, 7) is 5.07. The summed E-state index contributed by atoms with van der Waals surface area (Å²) in [7, 11) is 0. The highest BCUT2D eigenvalue weighted by atomic mass is 16.6. The van der Waals surface area contributed by atoms with Gasteiger partial charge >= 0.3 is 5.97 Å². The van der Waals surface area contributed by atoms with Gasteiger partial charge in [0.25, 0.3) is 0 Å². The van der Waals surface area contributed by atoms with Crippen LogP contribution in [-0.2, 0) is 14.3 Å². The van der Waals surface area contributed by atoms with Crippen LogP contribution in [0.2, 0.25) is 0 Å². The Morgan fingerprint density at radius 1 is 1.73 bits per heavy atom. The van der Waals surface area contributed by atoms with Gasteiger partial charge in [0.2, 0.25) is 0 Å². The molecule has 64 valence electrons. The van der Waals surface area contributed by atoms with Gasteiger partial charge < -0.3 is 9.47 Å². The molecule has 1 aliphatic heterocycles. The van der Waals surface area contributed by atoms with Gasteiger partial charge in [-0.2, -0.15) is 0 Å². The van der Waals surface area contributed by atoms with Crippen molar-refractivity contribution in [3.63, 3.8) is 0 Å². The topological polar surface area (TPSA) is 38.8 Å². The van der Waals surface area contributed by atoms with Crippen LogP contribution < -0.4 is 0 Å². The second kappa shape index (κ2) is 3.22. The van der Waals surface area contributed by atoms with Crippen LogP contribution in [0.25, 0.3) is 0 Å². The Hall–Kier alpha value is -0.570. The molecular formula is C8H14O3. The van der Waals surface area contributed by atoms with Gasteiger partial charge in [-0.05, 0) is 20.3 Å². The summed E-state index contributed by atoms with van der Waals surface area (Å²) in [5.74, 6) is -0.121. The lowest BCUT2D eigenvalue weighted by Crippen LogP contribution is -2.10. The molecule has 1 fully saturated rings. The quantitative estimate of drug-likeness (QED) is 0.454. The predicted molar refractivity (Wildman–Crippen MR) is 40.2 cm³/mol. The first kappa shape index (κ1) is 8.53. The minimum absolute atomic E-state index is 0.0211. The van der Waals surface area contributed by atoms with E-state index in [0.29, 0.717) is 13.0 Å². The van der Waals surface area contributed by atoms with E-state index in [4.69, 9.17) is 9.47 Å². The van der Waals surface area contributed by atoms with Crippen molar-refractivity contribution in [1.82, 2.24) is 0 Å². The zero-order chi connectivity index (χ0) is 8.32. The van der Waals surface area contributed by atoms with E-state index in [1.54, 1.807) is 0 Å². The number of hydrogen-bond donors (Lipinski definition) is 0. The molecule has 3 heteroatoms. The van der Waals surface area contributed by atoms with Crippen LogP contribution in [0.15, 0.2) is 0 Å². The Kier molecular flexibility index (Phi) is 2.49. The van der Waals surface area contributed by atoms with Gasteiger partial charge in [0.05, 0.1) is 18.8 Å². The van der Waals surface area contributed by atoms with Crippen LogP contribution in [0.5, 0.6) is 0 Å². The third-order valence-corrected chi connectivity index (χ3v) is 1.80. The smallest absolute Gasteiger partial charge is 0.305 e. The molecule has 3 nitrogen and oxygen atoms in total. The fourth-order valence-electron chi connectivity index (χ4n) is 0.867. The van der Waals surface area contributed by atoms with Crippen molar-refractivity contribution in [3.8, 4) is 0 Å². The van der Waals surface area contributed by atoms with Gasteiger partial charge in [-0.15, -0.1) is 0 Å². The molecule has 0 aromatic carbocycles. The van der Waals surface area contributed by atoms with E-state index < -0.39 is 0 Å². The number of epoxide rings is 1. The zero-order valence-electron chi connectivity index (χ0n) is 7.05. The lowest BCUT2D eigenvalue weighted by molar-refractivity contribution is -0.143. The minimum Gasteiger partial charge on any atom is -0.466 e. The van der Waals surface area contributed by atoms with E-state index in [1.807, 2.05) is 13.8 Å². The number of carbonyl (C=O) groups excluding carboxylic acids is 1. The Morgan fingerprint density at radius 2 is 2.36 bits per heavy atom. The number of rotatable bonds is 4. The molecule has 1 rings (SSSR count). The van der Waals surface area contributed by atoms with Crippen LogP contribution in [-0.4, -0.2) is 24.8 Å². The number of ether oxygens (including phenoxy) is 2. The fourth-order valence-corrected chi connectivity index (χ4v) is 0.867. The molecule has 1 saturated heterocycles. The Bertz CT molecular complexity index is 149. The van der Waals surface area contributed by atoms with Crippen molar-refractivity contribution in [1.29, 1.82) is 0 Å². The van der Waals surface area contributed by atoms with Crippen molar-refractivity contribution < 1.29 is 14.3 Å². The molecule has 0 N–H and O–H groups in total. The third-order valence-electron chi connectivity index (χ3n) is 1.80. The molecule has 0 spiro atoms. The molecule has 0 saturated carbocycles. The molecular weight excluding hydrogens is 144 g/mol. The summed E-state index contributed by atoms with van der Waals surface area (Å²) in [5.41, 5.74) is -0.0211. The molecule has 0 aromatic heterocycles. The van der Waals surface area contributed by atoms with Gasteiger partial charge in [-0.1, -0.05) is 0 Å². The first-order valence-corrected chi connectivity index (χ1v) is 3.96. The number of hydrogen-bond acceptors (Lipinski definition) is 3. The van der Waals surface area contributed by atoms with E-state index in [2.05, 4.69) is 0 Å². The van der Waals surface area contributed by atoms with E-state index >= 15 is 0 Å². The summed E-state index contributed by atoms with van der Waals surface area (Å²) in [4.78, 5) is 10.8. The maximum Gasteiger partial charge on any atom is 0.305 e. The average Bonchev–Trinajstić information content (AvgIpc) is 2.66. The van der Waals surface area contributed by atoms with Crippen molar-refractivity contribution in [3.05, 3.63) is 0 Å². The summed E-state index contributed by atoms with van der Waals surface area (Å²) in [6, 6.07) is 0. The third kappa shape index (κ3) is 2.89. The van der Waals surface area contributed by atoms with Crippen molar-refractivity contribution in [2.75, 3.05) is 13.2 Å². The molecule has 11 heavy (non-hydrogen) atoms. The zero-order valence-corrected chi connectivity index (χ0v) is 7.05. The highest BCUT2D eigenvalue weighted by molar-refractivity contribution is 5.69. The van der Waals surface area contributed by atoms with Gasteiger partial charge in [-0.25, -0.2) is 0 Å². The van der Waals surface area contributed by atoms with E-state index in [9.17, 15) is 4.79 Å². The molecule has 1 atom stereocenters. The standard InChI is InChI=1S/C8H14O3/c1-3-10-7(9)4-5-8(2)6-11-8/h3-6H2,1-2H3. The summed E-state index contributed by atoms with van der Waals surface area (Å²) < 4.78 is 9.89. The van der Waals surface area contributed by atoms with Crippen molar-refractivity contribution in [2.45, 2.75) is 32.3 Å². The van der Waals surface area contributed by atoms with E-state index in [-0.39, 0.29) is 11.6 Å². The largest absolute Gasteiger partial charge is 0.466 e. The van der Waals surface area contributed by atoms with Crippen LogP contribution in [0.3, 0.4) is 0 Å². The summed E-state index contributed by atoms with van der Waals surface area (Å²) in [6.07, 6.45) is 1.26. The number of carbonyl (C=O) groups is 1. The van der Waals surface area contributed by atoms with E-state index in [1.165, 1.54) is 0 Å².